The molecule has 94 valence electrons. The van der Waals surface area contributed by atoms with Gasteiger partial charge in [-0.05, 0) is 16.3 Å². The third kappa shape index (κ3) is 3.68. The van der Waals surface area contributed by atoms with E-state index in [1.165, 1.54) is 11.1 Å². The quantitative estimate of drug-likeness (QED) is 0.658. The summed E-state index contributed by atoms with van der Waals surface area (Å²) in [6.45, 7) is 6.97. The average Bonchev–Trinajstić information content (AvgIpc) is 2.37. The average molecular weight is 256 g/mol. The summed E-state index contributed by atoms with van der Waals surface area (Å²) < 4.78 is 0. The van der Waals surface area contributed by atoms with E-state index in [-0.39, 0.29) is 0 Å². The minimum Gasteiger partial charge on any atom is -0.104 e. The van der Waals surface area contributed by atoms with E-state index in [4.69, 9.17) is 0 Å². The first-order valence-corrected chi connectivity index (χ1v) is 7.51. The van der Waals surface area contributed by atoms with Crippen molar-refractivity contribution in [1.82, 2.24) is 0 Å². The molecule has 0 heterocycles. The van der Waals surface area contributed by atoms with Gasteiger partial charge in [0.1, 0.15) is 0 Å². The maximum atomic E-state index is 2.32. The van der Waals surface area contributed by atoms with E-state index in [9.17, 15) is 0 Å². The first-order valence-electron chi connectivity index (χ1n) is 6.44. The highest BCUT2D eigenvalue weighted by Crippen LogP contribution is 2.48. The molecule has 0 aliphatic carbocycles. The Bertz CT molecular complexity index is 428. The van der Waals surface area contributed by atoms with Crippen molar-refractivity contribution in [3.8, 4) is 0 Å². The first kappa shape index (κ1) is 13.3. The van der Waals surface area contributed by atoms with Crippen molar-refractivity contribution in [2.45, 2.75) is 31.6 Å². The molecule has 0 bridgehead atoms. The van der Waals surface area contributed by atoms with E-state index in [1.807, 2.05) is 0 Å². The minimum absolute atomic E-state index is 0.357. The van der Waals surface area contributed by atoms with Crippen LogP contribution in [-0.4, -0.2) is 5.16 Å². The van der Waals surface area contributed by atoms with Crippen molar-refractivity contribution in [3.05, 3.63) is 71.8 Å². The predicted molar refractivity (Wildman–Crippen MR) is 82.8 cm³/mol. The SMILES string of the molecule is CC(C)(C)PC(c1ccccc1)c1ccccc1. The second-order valence-electron chi connectivity index (χ2n) is 5.65. The van der Waals surface area contributed by atoms with Gasteiger partial charge in [0.2, 0.25) is 0 Å². The van der Waals surface area contributed by atoms with Crippen LogP contribution >= 0.6 is 8.58 Å². The zero-order valence-electron chi connectivity index (χ0n) is 11.4. The van der Waals surface area contributed by atoms with Crippen LogP contribution in [0.3, 0.4) is 0 Å². The summed E-state index contributed by atoms with van der Waals surface area (Å²) in [5, 5.41) is 0.357. The van der Waals surface area contributed by atoms with Crippen molar-refractivity contribution in [2.75, 3.05) is 0 Å². The molecule has 2 aromatic rings. The lowest BCUT2D eigenvalue weighted by atomic mass is 10.0. The maximum absolute atomic E-state index is 2.32. The molecule has 0 radical (unpaired) electrons. The maximum Gasteiger partial charge on any atom is 0.0267 e. The third-order valence-electron chi connectivity index (χ3n) is 2.84. The zero-order valence-corrected chi connectivity index (χ0v) is 12.4. The van der Waals surface area contributed by atoms with E-state index in [2.05, 4.69) is 81.4 Å². The van der Waals surface area contributed by atoms with Crippen molar-refractivity contribution >= 4 is 8.58 Å². The molecule has 0 saturated heterocycles. The fourth-order valence-electron chi connectivity index (χ4n) is 2.08. The van der Waals surface area contributed by atoms with Gasteiger partial charge in [0, 0.05) is 5.66 Å². The summed E-state index contributed by atoms with van der Waals surface area (Å²) >= 11 is 0. The van der Waals surface area contributed by atoms with Crippen molar-refractivity contribution < 1.29 is 0 Å². The van der Waals surface area contributed by atoms with Crippen LogP contribution in [0.1, 0.15) is 37.6 Å². The fraction of sp³-hybridized carbons (Fsp3) is 0.294. The minimum atomic E-state index is 0.357. The fourth-order valence-corrected chi connectivity index (χ4v) is 3.67. The second-order valence-corrected chi connectivity index (χ2v) is 8.01. The lowest BCUT2D eigenvalue weighted by Crippen LogP contribution is -2.09. The summed E-state index contributed by atoms with van der Waals surface area (Å²) in [5.41, 5.74) is 3.38. The van der Waals surface area contributed by atoms with E-state index < -0.39 is 0 Å². The molecule has 0 aromatic heterocycles. The number of hydrogen-bond donors (Lipinski definition) is 0. The lowest BCUT2D eigenvalue weighted by Gasteiger charge is -2.27. The number of hydrogen-bond acceptors (Lipinski definition) is 0. The largest absolute Gasteiger partial charge is 0.104 e. The van der Waals surface area contributed by atoms with Crippen LogP contribution in [0.4, 0.5) is 0 Å². The van der Waals surface area contributed by atoms with Gasteiger partial charge in [0.05, 0.1) is 0 Å². The van der Waals surface area contributed by atoms with Crippen LogP contribution in [0.15, 0.2) is 60.7 Å². The molecular formula is C17H21P. The molecule has 2 rings (SSSR count). The smallest absolute Gasteiger partial charge is 0.0267 e. The molecule has 1 unspecified atom stereocenters. The van der Waals surface area contributed by atoms with Crippen molar-refractivity contribution in [1.29, 1.82) is 0 Å². The van der Waals surface area contributed by atoms with Crippen LogP contribution in [0, 0.1) is 0 Å². The Kier molecular flexibility index (Phi) is 4.19. The van der Waals surface area contributed by atoms with Crippen LogP contribution in [0.25, 0.3) is 0 Å². The number of benzene rings is 2. The number of rotatable bonds is 3. The van der Waals surface area contributed by atoms with E-state index in [0.29, 0.717) is 10.8 Å². The van der Waals surface area contributed by atoms with Crippen LogP contribution in [0.2, 0.25) is 0 Å². The Hall–Kier alpha value is -1.13. The summed E-state index contributed by atoms with van der Waals surface area (Å²) in [4.78, 5) is 0. The van der Waals surface area contributed by atoms with Crippen molar-refractivity contribution in [2.24, 2.45) is 0 Å². The van der Waals surface area contributed by atoms with E-state index in [1.54, 1.807) is 0 Å². The lowest BCUT2D eigenvalue weighted by molar-refractivity contribution is 0.786. The van der Waals surface area contributed by atoms with Gasteiger partial charge < -0.3 is 0 Å². The summed E-state index contributed by atoms with van der Waals surface area (Å²) in [6.07, 6.45) is 0. The van der Waals surface area contributed by atoms with Gasteiger partial charge in [-0.3, -0.25) is 0 Å². The summed E-state index contributed by atoms with van der Waals surface area (Å²) in [5.74, 6) is 0. The molecule has 0 nitrogen and oxygen atoms in total. The normalized spacial score (nSPS) is 12.4. The summed E-state index contributed by atoms with van der Waals surface area (Å²) in [6, 6.07) is 21.7. The Morgan fingerprint density at radius 2 is 1.11 bits per heavy atom. The van der Waals surface area contributed by atoms with Gasteiger partial charge in [-0.2, -0.15) is 0 Å². The highest BCUT2D eigenvalue weighted by Gasteiger charge is 2.21. The van der Waals surface area contributed by atoms with Gasteiger partial charge >= 0.3 is 0 Å². The molecular weight excluding hydrogens is 235 g/mol. The molecule has 0 amide bonds. The highest BCUT2D eigenvalue weighted by molar-refractivity contribution is 7.40. The predicted octanol–water partition coefficient (Wildman–Crippen LogP) is 5.25. The summed E-state index contributed by atoms with van der Waals surface area (Å²) in [7, 11) is 0.888. The van der Waals surface area contributed by atoms with E-state index >= 15 is 0 Å². The van der Waals surface area contributed by atoms with Gasteiger partial charge in [0.15, 0.2) is 0 Å². The highest BCUT2D eigenvalue weighted by atomic mass is 31.1. The topological polar surface area (TPSA) is 0 Å². The molecule has 0 aliphatic heterocycles. The van der Waals surface area contributed by atoms with E-state index in [0.717, 1.165) is 8.58 Å². The second kappa shape index (κ2) is 5.67. The zero-order chi connectivity index (χ0) is 13.0. The molecule has 0 aliphatic rings. The molecule has 0 spiro atoms. The molecule has 2 aromatic carbocycles. The third-order valence-corrected chi connectivity index (χ3v) is 4.66. The van der Waals surface area contributed by atoms with Crippen LogP contribution in [0.5, 0.6) is 0 Å². The molecule has 0 saturated carbocycles. The molecule has 1 atom stereocenters. The molecule has 0 fully saturated rings. The Balaban J connectivity index is 2.36. The van der Waals surface area contributed by atoms with Gasteiger partial charge in [-0.15, -0.1) is 8.58 Å². The Morgan fingerprint density at radius 3 is 1.44 bits per heavy atom. The molecule has 18 heavy (non-hydrogen) atoms. The van der Waals surface area contributed by atoms with Gasteiger partial charge in [-0.1, -0.05) is 81.4 Å². The van der Waals surface area contributed by atoms with Crippen molar-refractivity contribution in [3.63, 3.8) is 0 Å². The molecule has 1 heteroatoms. The van der Waals surface area contributed by atoms with Gasteiger partial charge in [0.25, 0.3) is 0 Å². The Morgan fingerprint density at radius 1 is 0.722 bits per heavy atom. The Labute approximate surface area is 112 Å². The van der Waals surface area contributed by atoms with Gasteiger partial charge in [-0.25, -0.2) is 0 Å². The molecule has 0 N–H and O–H groups in total. The van der Waals surface area contributed by atoms with Crippen LogP contribution < -0.4 is 0 Å². The monoisotopic (exact) mass is 256 g/mol. The van der Waals surface area contributed by atoms with Crippen LogP contribution in [-0.2, 0) is 0 Å². The first-order chi connectivity index (χ1) is 8.56. The standard InChI is InChI=1S/C17H21P/c1-17(2,3)18-16(14-10-6-4-7-11-14)15-12-8-5-9-13-15/h4-13,16,18H,1-3H3.